The lowest BCUT2D eigenvalue weighted by atomic mass is 9.91. The maximum atomic E-state index is 8.68. The van der Waals surface area contributed by atoms with Crippen molar-refractivity contribution >= 4 is 0 Å². The predicted octanol–water partition coefficient (Wildman–Crippen LogP) is 2.98. The highest BCUT2D eigenvalue weighted by atomic mass is 14.3. The second-order valence-electron chi connectivity index (χ2n) is 3.04. The van der Waals surface area contributed by atoms with Gasteiger partial charge in [0.15, 0.2) is 0 Å². The van der Waals surface area contributed by atoms with E-state index in [4.69, 9.17) is 5.26 Å². The third-order valence-corrected chi connectivity index (χ3v) is 2.11. The van der Waals surface area contributed by atoms with Crippen molar-refractivity contribution < 1.29 is 0 Å². The van der Waals surface area contributed by atoms with Crippen LogP contribution < -0.4 is 0 Å². The number of allylic oxidation sites excluding steroid dienone is 5. The maximum absolute atomic E-state index is 8.68. The molecule has 1 heteroatoms. The molecule has 0 aromatic heterocycles. The normalized spacial score (nSPS) is 22.2. The summed E-state index contributed by atoms with van der Waals surface area (Å²) in [5, 5.41) is 8.68. The van der Waals surface area contributed by atoms with Crippen LogP contribution in [0.15, 0.2) is 36.0 Å². The first-order valence-electron chi connectivity index (χ1n) is 4.16. The van der Waals surface area contributed by atoms with Crippen LogP contribution in [0.2, 0.25) is 0 Å². The summed E-state index contributed by atoms with van der Waals surface area (Å²) >= 11 is 0. The van der Waals surface area contributed by atoms with E-state index in [0.717, 1.165) is 12.8 Å². The Morgan fingerprint density at radius 2 is 2.58 bits per heavy atom. The zero-order valence-corrected chi connectivity index (χ0v) is 7.38. The van der Waals surface area contributed by atoms with Crippen LogP contribution in [0, 0.1) is 17.2 Å². The minimum atomic E-state index is 0.0820. The van der Waals surface area contributed by atoms with Crippen molar-refractivity contribution in [2.45, 2.75) is 19.8 Å². The zero-order chi connectivity index (χ0) is 8.97. The highest BCUT2D eigenvalue weighted by molar-refractivity contribution is 5.35. The SMILES string of the molecule is C=CCC1=CCC(C#N)C=C1C. The molecule has 0 radical (unpaired) electrons. The van der Waals surface area contributed by atoms with Gasteiger partial charge in [0.1, 0.15) is 0 Å². The second-order valence-corrected chi connectivity index (χ2v) is 3.04. The largest absolute Gasteiger partial charge is 0.198 e. The topological polar surface area (TPSA) is 23.8 Å². The molecule has 0 spiro atoms. The Bertz CT molecular complexity index is 276. The van der Waals surface area contributed by atoms with Crippen LogP contribution in [0.3, 0.4) is 0 Å². The Balaban J connectivity index is 2.73. The fourth-order valence-electron chi connectivity index (χ4n) is 1.40. The molecule has 0 heterocycles. The van der Waals surface area contributed by atoms with Crippen LogP contribution in [-0.2, 0) is 0 Å². The van der Waals surface area contributed by atoms with Crippen LogP contribution >= 0.6 is 0 Å². The Hall–Kier alpha value is -1.29. The van der Waals surface area contributed by atoms with E-state index in [9.17, 15) is 0 Å². The molecule has 1 aliphatic rings. The van der Waals surface area contributed by atoms with Gasteiger partial charge in [-0.25, -0.2) is 0 Å². The molecule has 0 saturated carbocycles. The Morgan fingerprint density at radius 3 is 3.08 bits per heavy atom. The molecule has 12 heavy (non-hydrogen) atoms. The van der Waals surface area contributed by atoms with Crippen LogP contribution in [-0.4, -0.2) is 0 Å². The quantitative estimate of drug-likeness (QED) is 0.568. The van der Waals surface area contributed by atoms with E-state index >= 15 is 0 Å². The predicted molar refractivity (Wildman–Crippen MR) is 50.4 cm³/mol. The van der Waals surface area contributed by atoms with E-state index in [1.54, 1.807) is 0 Å². The summed E-state index contributed by atoms with van der Waals surface area (Å²) in [6.45, 7) is 5.75. The molecule has 0 amide bonds. The average Bonchev–Trinajstić information content (AvgIpc) is 2.09. The fourth-order valence-corrected chi connectivity index (χ4v) is 1.40. The molecule has 1 nitrogen and oxygen atoms in total. The van der Waals surface area contributed by atoms with Crippen LogP contribution in [0.25, 0.3) is 0 Å². The first-order chi connectivity index (χ1) is 5.77. The summed E-state index contributed by atoms with van der Waals surface area (Å²) in [7, 11) is 0. The van der Waals surface area contributed by atoms with Gasteiger partial charge in [0.05, 0.1) is 12.0 Å². The lowest BCUT2D eigenvalue weighted by Crippen LogP contribution is -2.00. The summed E-state index contributed by atoms with van der Waals surface area (Å²) in [4.78, 5) is 0. The van der Waals surface area contributed by atoms with E-state index in [1.807, 2.05) is 12.2 Å². The first kappa shape index (κ1) is 8.80. The van der Waals surface area contributed by atoms with Gasteiger partial charge in [0.2, 0.25) is 0 Å². The second kappa shape index (κ2) is 3.92. The number of rotatable bonds is 2. The average molecular weight is 159 g/mol. The molecule has 0 N–H and O–H groups in total. The third-order valence-electron chi connectivity index (χ3n) is 2.11. The van der Waals surface area contributed by atoms with E-state index in [1.165, 1.54) is 11.1 Å². The van der Waals surface area contributed by atoms with E-state index in [-0.39, 0.29) is 5.92 Å². The van der Waals surface area contributed by atoms with Crippen LogP contribution in [0.5, 0.6) is 0 Å². The highest BCUT2D eigenvalue weighted by Crippen LogP contribution is 2.24. The fraction of sp³-hybridized carbons (Fsp3) is 0.364. The number of hydrogen-bond donors (Lipinski definition) is 0. The van der Waals surface area contributed by atoms with Gasteiger partial charge in [-0.1, -0.05) is 23.8 Å². The Labute approximate surface area is 73.7 Å². The number of nitriles is 1. The van der Waals surface area contributed by atoms with Gasteiger partial charge in [-0.2, -0.15) is 5.26 Å². The van der Waals surface area contributed by atoms with Gasteiger partial charge in [-0.05, 0) is 25.3 Å². The zero-order valence-electron chi connectivity index (χ0n) is 7.38. The van der Waals surface area contributed by atoms with Gasteiger partial charge in [-0.3, -0.25) is 0 Å². The monoisotopic (exact) mass is 159 g/mol. The molecule has 0 aromatic rings. The molecular formula is C11H13N. The molecule has 62 valence electrons. The van der Waals surface area contributed by atoms with Crippen molar-refractivity contribution in [3.63, 3.8) is 0 Å². The van der Waals surface area contributed by atoms with Gasteiger partial charge < -0.3 is 0 Å². The van der Waals surface area contributed by atoms with Crippen molar-refractivity contribution in [2.75, 3.05) is 0 Å². The Morgan fingerprint density at radius 1 is 1.83 bits per heavy atom. The lowest BCUT2D eigenvalue weighted by Gasteiger charge is -2.13. The minimum absolute atomic E-state index is 0.0820. The minimum Gasteiger partial charge on any atom is -0.198 e. The summed E-state index contributed by atoms with van der Waals surface area (Å²) in [6, 6.07) is 2.25. The Kier molecular flexibility index (Phi) is 2.88. The first-order valence-corrected chi connectivity index (χ1v) is 4.16. The third kappa shape index (κ3) is 1.85. The van der Waals surface area contributed by atoms with Gasteiger partial charge >= 0.3 is 0 Å². The van der Waals surface area contributed by atoms with Crippen molar-refractivity contribution in [1.82, 2.24) is 0 Å². The molecule has 1 rings (SSSR count). The summed E-state index contributed by atoms with van der Waals surface area (Å²) < 4.78 is 0. The molecule has 0 aliphatic heterocycles. The molecule has 0 bridgehead atoms. The molecular weight excluding hydrogens is 146 g/mol. The molecule has 1 aliphatic carbocycles. The van der Waals surface area contributed by atoms with Crippen molar-refractivity contribution in [3.8, 4) is 6.07 Å². The summed E-state index contributed by atoms with van der Waals surface area (Å²) in [6.07, 6.45) is 7.86. The van der Waals surface area contributed by atoms with E-state index in [0.29, 0.717) is 0 Å². The molecule has 0 aromatic carbocycles. The van der Waals surface area contributed by atoms with Crippen molar-refractivity contribution in [3.05, 3.63) is 36.0 Å². The molecule has 0 fully saturated rings. The molecule has 0 saturated heterocycles. The highest BCUT2D eigenvalue weighted by Gasteiger charge is 2.10. The van der Waals surface area contributed by atoms with E-state index < -0.39 is 0 Å². The smallest absolute Gasteiger partial charge is 0.0700 e. The summed E-state index contributed by atoms with van der Waals surface area (Å²) in [5.74, 6) is 0.0820. The number of nitrogens with zero attached hydrogens (tertiary/aromatic N) is 1. The van der Waals surface area contributed by atoms with Gasteiger partial charge in [0.25, 0.3) is 0 Å². The van der Waals surface area contributed by atoms with Gasteiger partial charge in [0, 0.05) is 0 Å². The van der Waals surface area contributed by atoms with Crippen molar-refractivity contribution in [1.29, 1.82) is 5.26 Å². The van der Waals surface area contributed by atoms with E-state index in [2.05, 4.69) is 25.6 Å². The van der Waals surface area contributed by atoms with Crippen molar-refractivity contribution in [2.24, 2.45) is 5.92 Å². The lowest BCUT2D eigenvalue weighted by molar-refractivity contribution is 0.810. The standard InChI is InChI=1S/C11H13N/c1-3-4-11-6-5-10(8-12)7-9(11)2/h3,6-7,10H,1,4-5H2,2H3. The summed E-state index contributed by atoms with van der Waals surface area (Å²) in [5.41, 5.74) is 2.55. The van der Waals surface area contributed by atoms with Crippen LogP contribution in [0.4, 0.5) is 0 Å². The number of hydrogen-bond acceptors (Lipinski definition) is 1. The van der Waals surface area contributed by atoms with Gasteiger partial charge in [-0.15, -0.1) is 6.58 Å². The molecule has 1 atom stereocenters. The molecule has 1 unspecified atom stereocenters. The van der Waals surface area contributed by atoms with Crippen LogP contribution in [0.1, 0.15) is 19.8 Å². The maximum Gasteiger partial charge on any atom is 0.0700 e.